The third-order valence-electron chi connectivity index (χ3n) is 5.86. The van der Waals surface area contributed by atoms with Crippen LogP contribution in [-0.2, 0) is 28.0 Å². The lowest BCUT2D eigenvalue weighted by Gasteiger charge is -2.30. The van der Waals surface area contributed by atoms with Gasteiger partial charge in [-0.3, -0.25) is 9.59 Å². The number of halogens is 1. The quantitative estimate of drug-likeness (QED) is 0.510. The molecule has 5 heteroatoms. The van der Waals surface area contributed by atoms with Crippen molar-refractivity contribution in [1.82, 2.24) is 10.2 Å². The second-order valence-corrected chi connectivity index (χ2v) is 10.0. The average molecular weight is 457 g/mol. The molecule has 2 amide bonds. The summed E-state index contributed by atoms with van der Waals surface area (Å²) in [7, 11) is 0. The normalized spacial score (nSPS) is 13.3. The number of amides is 2. The number of carbonyl (C=O) groups excluding carboxylic acids is 2. The second kappa shape index (κ2) is 11.5. The predicted molar refractivity (Wildman–Crippen MR) is 133 cm³/mol. The molecule has 0 fully saturated rings. The van der Waals surface area contributed by atoms with Crippen molar-refractivity contribution >= 4 is 23.4 Å². The van der Waals surface area contributed by atoms with Gasteiger partial charge in [0.25, 0.3) is 0 Å². The number of hydrogen-bond donors (Lipinski definition) is 1. The highest BCUT2D eigenvalue weighted by Gasteiger charge is 2.26. The van der Waals surface area contributed by atoms with E-state index in [2.05, 4.69) is 50.4 Å². The molecule has 4 nitrogen and oxygen atoms in total. The summed E-state index contributed by atoms with van der Waals surface area (Å²) in [4.78, 5) is 27.7. The van der Waals surface area contributed by atoms with Crippen LogP contribution in [0.4, 0.5) is 0 Å². The van der Waals surface area contributed by atoms with Gasteiger partial charge in [-0.05, 0) is 60.9 Å². The fraction of sp³-hybridized carbons (Fsp3) is 0.481. The highest BCUT2D eigenvalue weighted by Crippen LogP contribution is 2.23. The first-order valence-corrected chi connectivity index (χ1v) is 11.8. The molecular weight excluding hydrogens is 420 g/mol. The van der Waals surface area contributed by atoms with E-state index in [-0.39, 0.29) is 23.3 Å². The molecule has 2 aromatic rings. The summed E-state index contributed by atoms with van der Waals surface area (Å²) in [5.74, 6) is -0.180. The van der Waals surface area contributed by atoms with E-state index in [1.807, 2.05) is 32.0 Å². The molecule has 2 rings (SSSR count). The van der Waals surface area contributed by atoms with E-state index in [0.29, 0.717) is 24.4 Å². The van der Waals surface area contributed by atoms with Gasteiger partial charge < -0.3 is 10.2 Å². The molecule has 0 saturated heterocycles. The van der Waals surface area contributed by atoms with Crippen molar-refractivity contribution < 1.29 is 9.59 Å². The number of rotatable bonds is 9. The van der Waals surface area contributed by atoms with Gasteiger partial charge in [-0.25, -0.2) is 0 Å². The van der Waals surface area contributed by atoms with Gasteiger partial charge in [0.05, 0.1) is 0 Å². The zero-order chi connectivity index (χ0) is 23.9. The molecule has 0 bridgehead atoms. The average Bonchev–Trinajstić information content (AvgIpc) is 2.75. The van der Waals surface area contributed by atoms with E-state index in [1.54, 1.807) is 17.9 Å². The molecule has 2 aromatic carbocycles. The monoisotopic (exact) mass is 456 g/mol. The maximum Gasteiger partial charge on any atom is 0.242 e. The van der Waals surface area contributed by atoms with Gasteiger partial charge >= 0.3 is 0 Å². The summed E-state index contributed by atoms with van der Waals surface area (Å²) in [6.07, 6.45) is 1.82. The van der Waals surface area contributed by atoms with Crippen LogP contribution in [0.3, 0.4) is 0 Å². The van der Waals surface area contributed by atoms with Gasteiger partial charge in [-0.15, -0.1) is 0 Å². The topological polar surface area (TPSA) is 49.4 Å². The van der Waals surface area contributed by atoms with E-state index in [4.69, 9.17) is 11.6 Å². The number of nitrogens with one attached hydrogen (secondary N) is 1. The highest BCUT2D eigenvalue weighted by molar-refractivity contribution is 6.30. The van der Waals surface area contributed by atoms with Crippen LogP contribution in [0.1, 0.15) is 71.1 Å². The number of carbonyl (C=O) groups is 2. The Morgan fingerprint density at radius 1 is 1.03 bits per heavy atom. The third-order valence-corrected chi connectivity index (χ3v) is 6.09. The second-order valence-electron chi connectivity index (χ2n) is 9.59. The summed E-state index contributed by atoms with van der Waals surface area (Å²) in [5, 5.41) is 3.61. The lowest BCUT2D eigenvalue weighted by atomic mass is 9.86. The first-order valence-electron chi connectivity index (χ1n) is 11.4. The van der Waals surface area contributed by atoms with Gasteiger partial charge in [0.1, 0.15) is 6.04 Å². The summed E-state index contributed by atoms with van der Waals surface area (Å²) in [6.45, 7) is 12.7. The lowest BCUT2D eigenvalue weighted by molar-refractivity contribution is -0.140. The molecule has 2 atom stereocenters. The Morgan fingerprint density at radius 3 is 2.25 bits per heavy atom. The Labute approximate surface area is 198 Å². The minimum atomic E-state index is -0.571. The Hall–Kier alpha value is -2.33. The molecule has 0 spiro atoms. The zero-order valence-corrected chi connectivity index (χ0v) is 21.0. The van der Waals surface area contributed by atoms with Crippen LogP contribution in [0, 0.1) is 0 Å². The van der Waals surface area contributed by atoms with Crippen molar-refractivity contribution in [1.29, 1.82) is 0 Å². The smallest absolute Gasteiger partial charge is 0.242 e. The molecule has 0 heterocycles. The maximum absolute atomic E-state index is 13.2. The standard InChI is InChI=1S/C27H37ClN2O2/c1-7-19(2)29-26(32)20(3)30(18-22-9-8-10-24(28)17-22)25(31)16-13-21-11-14-23(15-12-21)27(4,5)6/h8-12,14-15,17,19-20H,7,13,16,18H2,1-6H3,(H,29,32). The van der Waals surface area contributed by atoms with Gasteiger partial charge in [0.2, 0.25) is 11.8 Å². The highest BCUT2D eigenvalue weighted by atomic mass is 35.5. The molecule has 174 valence electrons. The van der Waals surface area contributed by atoms with Crippen molar-refractivity contribution in [2.24, 2.45) is 0 Å². The van der Waals surface area contributed by atoms with Crippen molar-refractivity contribution in [3.63, 3.8) is 0 Å². The number of aryl methyl sites for hydroxylation is 1. The van der Waals surface area contributed by atoms with Crippen molar-refractivity contribution in [2.45, 2.75) is 84.8 Å². The van der Waals surface area contributed by atoms with Crippen LogP contribution in [0.5, 0.6) is 0 Å². The molecule has 2 unspecified atom stereocenters. The van der Waals surface area contributed by atoms with Crippen molar-refractivity contribution in [2.75, 3.05) is 0 Å². The van der Waals surface area contributed by atoms with Crippen molar-refractivity contribution in [3.05, 3.63) is 70.2 Å². The molecule has 0 aromatic heterocycles. The minimum Gasteiger partial charge on any atom is -0.352 e. The van der Waals surface area contributed by atoms with Gasteiger partial charge in [-0.1, -0.05) is 75.7 Å². The van der Waals surface area contributed by atoms with E-state index in [9.17, 15) is 9.59 Å². The SMILES string of the molecule is CCC(C)NC(=O)C(C)N(Cc1cccc(Cl)c1)C(=O)CCc1ccc(C(C)(C)C)cc1. The maximum atomic E-state index is 13.2. The van der Waals surface area contributed by atoms with Gasteiger partial charge in [0, 0.05) is 24.0 Å². The number of benzene rings is 2. The van der Waals surface area contributed by atoms with Crippen LogP contribution < -0.4 is 5.32 Å². The summed E-state index contributed by atoms with van der Waals surface area (Å²) >= 11 is 6.14. The van der Waals surface area contributed by atoms with Gasteiger partial charge in [0.15, 0.2) is 0 Å². The number of hydrogen-bond acceptors (Lipinski definition) is 2. The Morgan fingerprint density at radius 2 is 1.69 bits per heavy atom. The van der Waals surface area contributed by atoms with Crippen molar-refractivity contribution in [3.8, 4) is 0 Å². The van der Waals surface area contributed by atoms with E-state index >= 15 is 0 Å². The first kappa shape index (κ1) is 25.9. The Kier molecular flexibility index (Phi) is 9.33. The fourth-order valence-corrected chi connectivity index (χ4v) is 3.66. The Bertz CT molecular complexity index is 903. The van der Waals surface area contributed by atoms with E-state index in [1.165, 1.54) is 5.56 Å². The largest absolute Gasteiger partial charge is 0.352 e. The molecular formula is C27H37ClN2O2. The van der Waals surface area contributed by atoms with Crippen LogP contribution in [0.2, 0.25) is 5.02 Å². The zero-order valence-electron chi connectivity index (χ0n) is 20.2. The molecule has 0 aliphatic rings. The van der Waals surface area contributed by atoms with Gasteiger partial charge in [-0.2, -0.15) is 0 Å². The van der Waals surface area contributed by atoms with Crippen LogP contribution >= 0.6 is 11.6 Å². The fourth-order valence-electron chi connectivity index (χ4n) is 3.45. The lowest BCUT2D eigenvalue weighted by Crippen LogP contribution is -2.49. The third kappa shape index (κ3) is 7.67. The molecule has 0 aliphatic carbocycles. The first-order chi connectivity index (χ1) is 15.0. The van der Waals surface area contributed by atoms with E-state index < -0.39 is 6.04 Å². The number of nitrogens with zero attached hydrogens (tertiary/aromatic N) is 1. The van der Waals surface area contributed by atoms with Crippen LogP contribution in [-0.4, -0.2) is 28.8 Å². The molecule has 1 N–H and O–H groups in total. The van der Waals surface area contributed by atoms with E-state index in [0.717, 1.165) is 17.5 Å². The molecule has 32 heavy (non-hydrogen) atoms. The molecule has 0 saturated carbocycles. The van der Waals surface area contributed by atoms with Crippen LogP contribution in [0.25, 0.3) is 0 Å². The summed E-state index contributed by atoms with van der Waals surface area (Å²) in [6, 6.07) is 15.4. The summed E-state index contributed by atoms with van der Waals surface area (Å²) < 4.78 is 0. The Balaban J connectivity index is 2.14. The molecule has 0 aliphatic heterocycles. The predicted octanol–water partition coefficient (Wildman–Crippen LogP) is 5.90. The van der Waals surface area contributed by atoms with Crippen LogP contribution in [0.15, 0.2) is 48.5 Å². The molecule has 0 radical (unpaired) electrons. The summed E-state index contributed by atoms with van der Waals surface area (Å²) in [5.41, 5.74) is 3.39. The minimum absolute atomic E-state index is 0.0447.